The minimum atomic E-state index is -0.625. The van der Waals surface area contributed by atoms with Crippen molar-refractivity contribution < 1.29 is 14.3 Å². The summed E-state index contributed by atoms with van der Waals surface area (Å²) in [5.41, 5.74) is 4.88. The number of hydrogen-bond acceptors (Lipinski definition) is 3. The van der Waals surface area contributed by atoms with E-state index >= 15 is 0 Å². The van der Waals surface area contributed by atoms with E-state index in [-0.39, 0.29) is 17.9 Å². The van der Waals surface area contributed by atoms with Crippen LogP contribution in [0.15, 0.2) is 36.4 Å². The van der Waals surface area contributed by atoms with Crippen molar-refractivity contribution in [3.63, 3.8) is 0 Å². The molecule has 2 amide bonds. The Morgan fingerprint density at radius 3 is 2.44 bits per heavy atom. The average molecular weight is 366 g/mol. The number of nitrogens with zero attached hydrogens (tertiary/aromatic N) is 1. The SMILES string of the molecule is CC(=O)N[C@@H]1C(=O)N(Cc2ccc(OC(C)C)cc2)c2c(C)cc(C)cc21. The number of fused-ring (bicyclic) bond motifs is 1. The number of nitrogens with one attached hydrogen (secondary N) is 1. The minimum absolute atomic E-state index is 0.101. The van der Waals surface area contributed by atoms with Crippen LogP contribution in [-0.2, 0) is 16.1 Å². The maximum Gasteiger partial charge on any atom is 0.254 e. The van der Waals surface area contributed by atoms with Gasteiger partial charge in [-0.05, 0) is 51.0 Å². The van der Waals surface area contributed by atoms with Gasteiger partial charge in [-0.15, -0.1) is 0 Å². The van der Waals surface area contributed by atoms with Crippen LogP contribution in [0.3, 0.4) is 0 Å². The third-order valence-corrected chi connectivity index (χ3v) is 4.55. The third kappa shape index (κ3) is 3.97. The molecule has 0 radical (unpaired) electrons. The molecular formula is C22H26N2O3. The first-order valence-corrected chi connectivity index (χ1v) is 9.21. The molecule has 0 fully saturated rings. The van der Waals surface area contributed by atoms with E-state index in [1.54, 1.807) is 4.90 Å². The quantitative estimate of drug-likeness (QED) is 0.875. The van der Waals surface area contributed by atoms with E-state index < -0.39 is 6.04 Å². The second-order valence-electron chi connectivity index (χ2n) is 7.39. The van der Waals surface area contributed by atoms with Crippen LogP contribution < -0.4 is 15.0 Å². The summed E-state index contributed by atoms with van der Waals surface area (Å²) in [5.74, 6) is 0.497. The molecule has 0 spiro atoms. The summed E-state index contributed by atoms with van der Waals surface area (Å²) in [7, 11) is 0. The number of anilines is 1. The highest BCUT2D eigenvalue weighted by molar-refractivity contribution is 6.06. The van der Waals surface area contributed by atoms with E-state index in [9.17, 15) is 9.59 Å². The Morgan fingerprint density at radius 1 is 1.19 bits per heavy atom. The molecule has 3 rings (SSSR count). The molecule has 0 saturated heterocycles. The number of amides is 2. The largest absolute Gasteiger partial charge is 0.491 e. The molecule has 0 aliphatic carbocycles. The highest BCUT2D eigenvalue weighted by Crippen LogP contribution is 2.40. The maximum absolute atomic E-state index is 13.1. The first-order valence-electron chi connectivity index (χ1n) is 9.21. The normalized spacial score (nSPS) is 15.9. The number of aryl methyl sites for hydroxylation is 2. The van der Waals surface area contributed by atoms with Gasteiger partial charge in [0, 0.05) is 12.5 Å². The summed E-state index contributed by atoms with van der Waals surface area (Å²) in [5, 5.41) is 2.80. The molecule has 5 nitrogen and oxygen atoms in total. The van der Waals surface area contributed by atoms with Crippen LogP contribution in [0.2, 0.25) is 0 Å². The van der Waals surface area contributed by atoms with Gasteiger partial charge >= 0.3 is 0 Å². The van der Waals surface area contributed by atoms with E-state index in [0.717, 1.165) is 33.7 Å². The fourth-order valence-electron chi connectivity index (χ4n) is 3.61. The average Bonchev–Trinajstić information content (AvgIpc) is 2.81. The Labute approximate surface area is 160 Å². The summed E-state index contributed by atoms with van der Waals surface area (Å²) >= 11 is 0. The Morgan fingerprint density at radius 2 is 1.85 bits per heavy atom. The van der Waals surface area contributed by atoms with Gasteiger partial charge in [-0.25, -0.2) is 0 Å². The van der Waals surface area contributed by atoms with Gasteiger partial charge in [-0.3, -0.25) is 9.59 Å². The van der Waals surface area contributed by atoms with Crippen molar-refractivity contribution in [3.8, 4) is 5.75 Å². The lowest BCUT2D eigenvalue weighted by Gasteiger charge is -2.20. The summed E-state index contributed by atoms with van der Waals surface area (Å²) in [6, 6.07) is 11.2. The van der Waals surface area contributed by atoms with Gasteiger partial charge in [0.05, 0.1) is 18.3 Å². The number of carbonyl (C=O) groups is 2. The minimum Gasteiger partial charge on any atom is -0.491 e. The number of carbonyl (C=O) groups excluding carboxylic acids is 2. The fraction of sp³-hybridized carbons (Fsp3) is 0.364. The van der Waals surface area contributed by atoms with Crippen LogP contribution in [0.1, 0.15) is 49.1 Å². The molecule has 1 heterocycles. The van der Waals surface area contributed by atoms with Gasteiger partial charge in [-0.1, -0.05) is 29.8 Å². The van der Waals surface area contributed by atoms with Crippen molar-refractivity contribution in [1.82, 2.24) is 5.32 Å². The molecule has 0 unspecified atom stereocenters. The van der Waals surface area contributed by atoms with Crippen molar-refractivity contribution in [2.24, 2.45) is 0 Å². The molecule has 1 N–H and O–H groups in total. The molecule has 0 bridgehead atoms. The first-order chi connectivity index (χ1) is 12.8. The van der Waals surface area contributed by atoms with E-state index in [0.29, 0.717) is 6.54 Å². The zero-order valence-corrected chi connectivity index (χ0v) is 16.5. The molecule has 142 valence electrons. The van der Waals surface area contributed by atoms with Crippen molar-refractivity contribution in [1.29, 1.82) is 0 Å². The lowest BCUT2D eigenvalue weighted by atomic mass is 10.0. The van der Waals surface area contributed by atoms with E-state index in [2.05, 4.69) is 11.4 Å². The van der Waals surface area contributed by atoms with Crippen molar-refractivity contribution >= 4 is 17.5 Å². The fourth-order valence-corrected chi connectivity index (χ4v) is 3.61. The topological polar surface area (TPSA) is 58.6 Å². The van der Waals surface area contributed by atoms with Crippen LogP contribution in [0.5, 0.6) is 5.75 Å². The molecule has 5 heteroatoms. The zero-order valence-electron chi connectivity index (χ0n) is 16.5. The zero-order chi connectivity index (χ0) is 19.7. The molecular weight excluding hydrogens is 340 g/mol. The predicted molar refractivity (Wildman–Crippen MR) is 106 cm³/mol. The maximum atomic E-state index is 13.1. The second-order valence-corrected chi connectivity index (χ2v) is 7.39. The Hall–Kier alpha value is -2.82. The lowest BCUT2D eigenvalue weighted by molar-refractivity contribution is -0.126. The molecule has 1 aliphatic heterocycles. The molecule has 2 aromatic carbocycles. The van der Waals surface area contributed by atoms with Gasteiger partial charge in [0.15, 0.2) is 0 Å². The number of rotatable bonds is 5. The molecule has 0 saturated carbocycles. The van der Waals surface area contributed by atoms with Crippen molar-refractivity contribution in [3.05, 3.63) is 58.7 Å². The van der Waals surface area contributed by atoms with E-state index in [1.807, 2.05) is 58.0 Å². The van der Waals surface area contributed by atoms with Gasteiger partial charge in [0.25, 0.3) is 5.91 Å². The molecule has 1 aliphatic rings. The Balaban J connectivity index is 1.92. The van der Waals surface area contributed by atoms with Crippen LogP contribution in [0.25, 0.3) is 0 Å². The summed E-state index contributed by atoms with van der Waals surface area (Å²) in [6.07, 6.45) is 0.118. The Kier molecular flexibility index (Phi) is 5.22. The van der Waals surface area contributed by atoms with Gasteiger partial charge in [-0.2, -0.15) is 0 Å². The smallest absolute Gasteiger partial charge is 0.254 e. The highest BCUT2D eigenvalue weighted by atomic mass is 16.5. The molecule has 1 atom stereocenters. The summed E-state index contributed by atoms with van der Waals surface area (Å²) < 4.78 is 5.68. The summed E-state index contributed by atoms with van der Waals surface area (Å²) in [6.45, 7) is 9.86. The number of hydrogen-bond donors (Lipinski definition) is 1. The molecule has 2 aromatic rings. The van der Waals surface area contributed by atoms with Gasteiger partial charge < -0.3 is 15.0 Å². The standard InChI is InChI=1S/C22H26N2O3/c1-13(2)27-18-8-6-17(7-9-18)12-24-21-15(4)10-14(3)11-19(21)20(22(24)26)23-16(5)25/h6-11,13,20H,12H2,1-5H3,(H,23,25)/t20-/m0/s1. The highest BCUT2D eigenvalue weighted by Gasteiger charge is 2.38. The first kappa shape index (κ1) is 19.0. The van der Waals surface area contributed by atoms with Crippen molar-refractivity contribution in [2.75, 3.05) is 4.90 Å². The monoisotopic (exact) mass is 366 g/mol. The predicted octanol–water partition coefficient (Wildman–Crippen LogP) is 3.81. The van der Waals surface area contributed by atoms with E-state index in [4.69, 9.17) is 4.74 Å². The number of benzene rings is 2. The lowest BCUT2D eigenvalue weighted by Crippen LogP contribution is -2.36. The second kappa shape index (κ2) is 7.43. The van der Waals surface area contributed by atoms with Crippen LogP contribution in [0, 0.1) is 13.8 Å². The Bertz CT molecular complexity index is 872. The van der Waals surface area contributed by atoms with Gasteiger partial charge in [0.1, 0.15) is 11.8 Å². The van der Waals surface area contributed by atoms with Crippen molar-refractivity contribution in [2.45, 2.75) is 53.3 Å². The van der Waals surface area contributed by atoms with Gasteiger partial charge in [0.2, 0.25) is 5.91 Å². The molecule has 27 heavy (non-hydrogen) atoms. The van der Waals surface area contributed by atoms with E-state index in [1.165, 1.54) is 6.92 Å². The van der Waals surface area contributed by atoms with Crippen LogP contribution >= 0.6 is 0 Å². The molecule has 0 aromatic heterocycles. The van der Waals surface area contributed by atoms with Crippen LogP contribution in [-0.4, -0.2) is 17.9 Å². The summed E-state index contributed by atoms with van der Waals surface area (Å²) in [4.78, 5) is 26.5. The number of ether oxygens (including phenoxy) is 1. The third-order valence-electron chi connectivity index (χ3n) is 4.55. The van der Waals surface area contributed by atoms with Crippen LogP contribution in [0.4, 0.5) is 5.69 Å².